The number of rotatable bonds is 4. The maximum atomic E-state index is 4.62. The highest BCUT2D eigenvalue weighted by atomic mass is 32.1. The lowest BCUT2D eigenvalue weighted by Crippen LogP contribution is -2.50. The monoisotopic (exact) mass is 352 g/mol. The van der Waals surface area contributed by atoms with Crippen LogP contribution >= 0.6 is 11.3 Å². The fraction of sp³-hybridized carbons (Fsp3) is 0.312. The number of hydrogen-bond acceptors (Lipinski definition) is 8. The second-order valence-corrected chi connectivity index (χ2v) is 7.13. The Bertz CT molecular complexity index is 1050. The lowest BCUT2D eigenvalue weighted by molar-refractivity contribution is 0.424. The Morgan fingerprint density at radius 2 is 2.12 bits per heavy atom. The zero-order chi connectivity index (χ0) is 16.8. The first-order chi connectivity index (χ1) is 12.3. The molecule has 0 bridgehead atoms. The molecule has 0 saturated carbocycles. The fourth-order valence-corrected chi connectivity index (χ4v) is 3.91. The molecular formula is C16H16N8S. The molecule has 0 radical (unpaired) electrons. The predicted octanol–water partition coefficient (Wildman–Crippen LogP) is 1.99. The summed E-state index contributed by atoms with van der Waals surface area (Å²) in [5, 5.41) is 18.3. The van der Waals surface area contributed by atoms with Gasteiger partial charge in [0.1, 0.15) is 18.0 Å². The van der Waals surface area contributed by atoms with Crippen LogP contribution in [0.5, 0.6) is 0 Å². The quantitative estimate of drug-likeness (QED) is 0.601. The Kier molecular flexibility index (Phi) is 3.27. The van der Waals surface area contributed by atoms with E-state index < -0.39 is 0 Å². The third-order valence-corrected chi connectivity index (χ3v) is 5.40. The standard InChI is InChI=1S/C16H16N8S/c1-10-20-21-13-2-3-14(22-24(10)13)23-7-11(8-23)6-17-16-15-12(4-5-25-15)18-9-19-16/h2-5,9,11H,6-8H2,1H3,(H,17,18,19). The lowest BCUT2D eigenvalue weighted by Gasteiger charge is -2.40. The Hall–Kier alpha value is -2.81. The van der Waals surface area contributed by atoms with Crippen molar-refractivity contribution in [2.45, 2.75) is 6.92 Å². The average Bonchev–Trinajstić information content (AvgIpc) is 3.21. The molecule has 0 spiro atoms. The van der Waals surface area contributed by atoms with Gasteiger partial charge in [-0.3, -0.25) is 0 Å². The van der Waals surface area contributed by atoms with E-state index in [9.17, 15) is 0 Å². The van der Waals surface area contributed by atoms with E-state index in [-0.39, 0.29) is 0 Å². The van der Waals surface area contributed by atoms with E-state index in [1.54, 1.807) is 22.2 Å². The number of aromatic nitrogens is 6. The topological polar surface area (TPSA) is 84.1 Å². The van der Waals surface area contributed by atoms with Crippen molar-refractivity contribution in [2.24, 2.45) is 5.92 Å². The van der Waals surface area contributed by atoms with Crippen LogP contribution in [0.2, 0.25) is 0 Å². The Morgan fingerprint density at radius 3 is 3.04 bits per heavy atom. The van der Waals surface area contributed by atoms with Gasteiger partial charge in [0, 0.05) is 25.6 Å². The van der Waals surface area contributed by atoms with Crippen LogP contribution in [0.15, 0.2) is 29.9 Å². The number of thiophene rings is 1. The zero-order valence-corrected chi connectivity index (χ0v) is 14.4. The van der Waals surface area contributed by atoms with Crippen LogP contribution < -0.4 is 10.2 Å². The molecule has 0 aromatic carbocycles. The van der Waals surface area contributed by atoms with Crippen LogP contribution in [0.25, 0.3) is 15.9 Å². The van der Waals surface area contributed by atoms with Gasteiger partial charge in [-0.05, 0) is 30.5 Å². The smallest absolute Gasteiger partial charge is 0.178 e. The van der Waals surface area contributed by atoms with Crippen molar-refractivity contribution in [1.82, 2.24) is 29.8 Å². The minimum atomic E-state index is 0.574. The molecule has 4 aromatic rings. The van der Waals surface area contributed by atoms with Crippen LogP contribution in [0.3, 0.4) is 0 Å². The van der Waals surface area contributed by atoms with Crippen molar-refractivity contribution >= 4 is 38.8 Å². The second kappa shape index (κ2) is 5.62. The van der Waals surface area contributed by atoms with Gasteiger partial charge in [0.15, 0.2) is 11.5 Å². The number of hydrogen-bond donors (Lipinski definition) is 1. The molecule has 0 unspecified atom stereocenters. The maximum absolute atomic E-state index is 4.62. The number of anilines is 2. The van der Waals surface area contributed by atoms with Gasteiger partial charge in [-0.2, -0.15) is 4.52 Å². The van der Waals surface area contributed by atoms with E-state index in [0.717, 1.165) is 53.0 Å². The molecule has 0 atom stereocenters. The Balaban J connectivity index is 1.24. The Morgan fingerprint density at radius 1 is 1.20 bits per heavy atom. The van der Waals surface area contributed by atoms with Crippen molar-refractivity contribution < 1.29 is 0 Å². The van der Waals surface area contributed by atoms with Gasteiger partial charge < -0.3 is 10.2 Å². The number of nitrogens with zero attached hydrogens (tertiary/aromatic N) is 7. The normalized spacial score (nSPS) is 15.0. The second-order valence-electron chi connectivity index (χ2n) is 6.22. The van der Waals surface area contributed by atoms with Gasteiger partial charge in [0.2, 0.25) is 0 Å². The molecule has 1 fully saturated rings. The van der Waals surface area contributed by atoms with Crippen molar-refractivity contribution in [3.8, 4) is 0 Å². The molecule has 5 rings (SSSR count). The molecule has 5 heterocycles. The van der Waals surface area contributed by atoms with Gasteiger partial charge in [-0.1, -0.05) is 0 Å². The lowest BCUT2D eigenvalue weighted by atomic mass is 10.0. The molecule has 1 N–H and O–H groups in total. The molecule has 126 valence electrons. The molecule has 4 aromatic heterocycles. The highest BCUT2D eigenvalue weighted by Gasteiger charge is 2.28. The summed E-state index contributed by atoms with van der Waals surface area (Å²) in [7, 11) is 0. The fourth-order valence-electron chi connectivity index (χ4n) is 3.10. The molecule has 0 amide bonds. The van der Waals surface area contributed by atoms with Gasteiger partial charge >= 0.3 is 0 Å². The summed E-state index contributed by atoms with van der Waals surface area (Å²) in [6, 6.07) is 5.99. The first-order valence-electron chi connectivity index (χ1n) is 8.14. The van der Waals surface area contributed by atoms with Crippen LogP contribution in [-0.2, 0) is 0 Å². The van der Waals surface area contributed by atoms with Crippen molar-refractivity contribution in [3.05, 3.63) is 35.7 Å². The largest absolute Gasteiger partial charge is 0.368 e. The van der Waals surface area contributed by atoms with Crippen LogP contribution in [0.4, 0.5) is 11.6 Å². The van der Waals surface area contributed by atoms with E-state index in [0.29, 0.717) is 5.92 Å². The summed E-state index contributed by atoms with van der Waals surface area (Å²) >= 11 is 1.67. The number of aryl methyl sites for hydroxylation is 1. The summed E-state index contributed by atoms with van der Waals surface area (Å²) in [6.07, 6.45) is 1.62. The first kappa shape index (κ1) is 14.5. The highest BCUT2D eigenvalue weighted by molar-refractivity contribution is 7.17. The zero-order valence-electron chi connectivity index (χ0n) is 13.6. The molecule has 0 aliphatic carbocycles. The molecule has 8 nitrogen and oxygen atoms in total. The number of fused-ring (bicyclic) bond motifs is 2. The van der Waals surface area contributed by atoms with E-state index in [1.165, 1.54) is 0 Å². The SMILES string of the molecule is Cc1nnc2ccc(N3CC(CNc4ncnc5ccsc45)C3)nn12. The minimum absolute atomic E-state index is 0.574. The first-order valence-corrected chi connectivity index (χ1v) is 9.02. The van der Waals surface area contributed by atoms with Crippen molar-refractivity contribution in [2.75, 3.05) is 29.9 Å². The molecule has 1 saturated heterocycles. The Labute approximate surface area is 147 Å². The number of nitrogens with one attached hydrogen (secondary N) is 1. The maximum Gasteiger partial charge on any atom is 0.178 e. The van der Waals surface area contributed by atoms with Gasteiger partial charge in [-0.15, -0.1) is 26.6 Å². The van der Waals surface area contributed by atoms with E-state index in [2.05, 4.69) is 35.5 Å². The predicted molar refractivity (Wildman–Crippen MR) is 97.1 cm³/mol. The molecule has 9 heteroatoms. The summed E-state index contributed by atoms with van der Waals surface area (Å²) in [5.74, 6) is 3.27. The average molecular weight is 352 g/mol. The summed E-state index contributed by atoms with van der Waals surface area (Å²) < 4.78 is 2.91. The highest BCUT2D eigenvalue weighted by Crippen LogP contribution is 2.27. The molecule has 1 aliphatic heterocycles. The van der Waals surface area contributed by atoms with Gasteiger partial charge in [-0.25, -0.2) is 9.97 Å². The third-order valence-electron chi connectivity index (χ3n) is 4.49. The third kappa shape index (κ3) is 2.47. The van der Waals surface area contributed by atoms with Crippen molar-refractivity contribution in [1.29, 1.82) is 0 Å². The van der Waals surface area contributed by atoms with Gasteiger partial charge in [0.05, 0.1) is 10.2 Å². The summed E-state index contributed by atoms with van der Waals surface area (Å²) in [5.41, 5.74) is 1.78. The molecule has 1 aliphatic rings. The van der Waals surface area contributed by atoms with E-state index in [1.807, 2.05) is 30.5 Å². The van der Waals surface area contributed by atoms with E-state index >= 15 is 0 Å². The minimum Gasteiger partial charge on any atom is -0.368 e. The summed E-state index contributed by atoms with van der Waals surface area (Å²) in [6.45, 7) is 4.76. The van der Waals surface area contributed by atoms with Crippen LogP contribution in [0, 0.1) is 12.8 Å². The summed E-state index contributed by atoms with van der Waals surface area (Å²) in [4.78, 5) is 10.9. The van der Waals surface area contributed by atoms with Crippen molar-refractivity contribution in [3.63, 3.8) is 0 Å². The van der Waals surface area contributed by atoms with Gasteiger partial charge in [0.25, 0.3) is 0 Å². The van der Waals surface area contributed by atoms with Crippen LogP contribution in [-0.4, -0.2) is 49.4 Å². The molecular weight excluding hydrogens is 336 g/mol. The molecule has 25 heavy (non-hydrogen) atoms. The van der Waals surface area contributed by atoms with E-state index in [4.69, 9.17) is 0 Å². The van der Waals surface area contributed by atoms with Crippen LogP contribution in [0.1, 0.15) is 5.82 Å².